The van der Waals surface area contributed by atoms with Gasteiger partial charge in [0.2, 0.25) is 5.91 Å². The van der Waals surface area contributed by atoms with E-state index in [1.807, 2.05) is 13.0 Å². The minimum Gasteiger partial charge on any atom is -0.397 e. The SMILES string of the molecule is CC(Nc1cc2c(cc1N)NC(=O)CC2)c1ncn[nH]1. The van der Waals surface area contributed by atoms with E-state index in [2.05, 4.69) is 25.8 Å². The van der Waals surface area contributed by atoms with Crippen molar-refractivity contribution in [2.24, 2.45) is 0 Å². The largest absolute Gasteiger partial charge is 0.397 e. The fourth-order valence-electron chi connectivity index (χ4n) is 2.30. The van der Waals surface area contributed by atoms with Crippen LogP contribution in [-0.2, 0) is 11.2 Å². The van der Waals surface area contributed by atoms with E-state index in [1.54, 1.807) is 6.07 Å². The molecule has 2 aromatic rings. The monoisotopic (exact) mass is 272 g/mol. The van der Waals surface area contributed by atoms with Gasteiger partial charge in [0.25, 0.3) is 0 Å². The normalized spacial score (nSPS) is 15.3. The van der Waals surface area contributed by atoms with Crippen LogP contribution in [0.3, 0.4) is 0 Å². The summed E-state index contributed by atoms with van der Waals surface area (Å²) in [6.07, 6.45) is 2.71. The molecule has 7 heteroatoms. The zero-order chi connectivity index (χ0) is 14.1. The molecule has 1 aliphatic heterocycles. The van der Waals surface area contributed by atoms with Crippen molar-refractivity contribution >= 4 is 23.0 Å². The van der Waals surface area contributed by atoms with Crippen LogP contribution in [-0.4, -0.2) is 21.1 Å². The summed E-state index contributed by atoms with van der Waals surface area (Å²) in [7, 11) is 0. The smallest absolute Gasteiger partial charge is 0.224 e. The Morgan fingerprint density at radius 2 is 2.25 bits per heavy atom. The summed E-state index contributed by atoms with van der Waals surface area (Å²) < 4.78 is 0. The standard InChI is InChI=1S/C13H16N6O/c1-7(13-15-6-16-19-13)17-11-4-8-2-3-12(20)18-10(8)5-9(11)14/h4-7,17H,2-3,14H2,1H3,(H,18,20)(H,15,16,19). The molecule has 104 valence electrons. The van der Waals surface area contributed by atoms with Gasteiger partial charge in [0, 0.05) is 12.1 Å². The van der Waals surface area contributed by atoms with Crippen molar-refractivity contribution in [3.8, 4) is 0 Å². The number of aromatic amines is 1. The maximum atomic E-state index is 11.4. The van der Waals surface area contributed by atoms with E-state index in [0.29, 0.717) is 12.1 Å². The molecule has 1 aromatic heterocycles. The van der Waals surface area contributed by atoms with Gasteiger partial charge in [-0.15, -0.1) is 0 Å². The third-order valence-electron chi connectivity index (χ3n) is 3.39. The number of hydrogen-bond acceptors (Lipinski definition) is 5. The molecule has 1 aliphatic rings. The summed E-state index contributed by atoms with van der Waals surface area (Å²) in [5.41, 5.74) is 9.35. The highest BCUT2D eigenvalue weighted by Crippen LogP contribution is 2.32. The molecule has 0 aliphatic carbocycles. The molecule has 7 nitrogen and oxygen atoms in total. The van der Waals surface area contributed by atoms with E-state index < -0.39 is 0 Å². The summed E-state index contributed by atoms with van der Waals surface area (Å²) >= 11 is 0. The van der Waals surface area contributed by atoms with Crippen LogP contribution in [0.2, 0.25) is 0 Å². The maximum Gasteiger partial charge on any atom is 0.224 e. The van der Waals surface area contributed by atoms with E-state index in [-0.39, 0.29) is 11.9 Å². The van der Waals surface area contributed by atoms with Gasteiger partial charge in [-0.3, -0.25) is 9.89 Å². The number of carbonyl (C=O) groups excluding carboxylic acids is 1. The summed E-state index contributed by atoms with van der Waals surface area (Å²) in [4.78, 5) is 15.5. The third-order valence-corrected chi connectivity index (χ3v) is 3.39. The summed E-state index contributed by atoms with van der Waals surface area (Å²) in [5, 5.41) is 12.8. The number of nitrogen functional groups attached to an aromatic ring is 1. The van der Waals surface area contributed by atoms with Crippen LogP contribution in [0.4, 0.5) is 17.1 Å². The molecule has 0 bridgehead atoms. The molecule has 0 saturated carbocycles. The third kappa shape index (κ3) is 2.29. The van der Waals surface area contributed by atoms with E-state index in [0.717, 1.165) is 29.2 Å². The molecule has 0 fully saturated rings. The number of nitrogens with two attached hydrogens (primary N) is 1. The van der Waals surface area contributed by atoms with Gasteiger partial charge >= 0.3 is 0 Å². The zero-order valence-corrected chi connectivity index (χ0v) is 11.1. The van der Waals surface area contributed by atoms with E-state index >= 15 is 0 Å². The quantitative estimate of drug-likeness (QED) is 0.632. The molecule has 3 rings (SSSR count). The number of benzene rings is 1. The minimum absolute atomic E-state index is 0.0315. The molecule has 1 unspecified atom stereocenters. The van der Waals surface area contributed by atoms with Crippen molar-refractivity contribution in [2.45, 2.75) is 25.8 Å². The second-order valence-electron chi connectivity index (χ2n) is 4.88. The first-order valence-corrected chi connectivity index (χ1v) is 6.47. The lowest BCUT2D eigenvalue weighted by atomic mass is 10.0. The summed E-state index contributed by atoms with van der Waals surface area (Å²) in [6.45, 7) is 1.97. The Labute approximate surface area is 116 Å². The molecule has 1 amide bonds. The highest BCUT2D eigenvalue weighted by Gasteiger charge is 2.18. The Bertz CT molecular complexity index is 637. The topological polar surface area (TPSA) is 109 Å². The number of H-pyrrole nitrogens is 1. The average molecular weight is 272 g/mol. The van der Waals surface area contributed by atoms with Crippen molar-refractivity contribution < 1.29 is 4.79 Å². The first-order chi connectivity index (χ1) is 9.63. The number of hydrogen-bond donors (Lipinski definition) is 4. The van der Waals surface area contributed by atoms with Crippen molar-refractivity contribution in [3.63, 3.8) is 0 Å². The van der Waals surface area contributed by atoms with Crippen LogP contribution in [0, 0.1) is 0 Å². The Kier molecular flexibility index (Phi) is 3.02. The van der Waals surface area contributed by atoms with Crippen LogP contribution >= 0.6 is 0 Å². The number of nitrogens with one attached hydrogen (secondary N) is 3. The van der Waals surface area contributed by atoms with Crippen molar-refractivity contribution in [1.82, 2.24) is 15.2 Å². The number of nitrogens with zero attached hydrogens (tertiary/aromatic N) is 2. The first kappa shape index (κ1) is 12.5. The highest BCUT2D eigenvalue weighted by molar-refractivity contribution is 5.95. The van der Waals surface area contributed by atoms with Gasteiger partial charge < -0.3 is 16.4 Å². The highest BCUT2D eigenvalue weighted by atomic mass is 16.1. The molecule has 5 N–H and O–H groups in total. The molecule has 20 heavy (non-hydrogen) atoms. The Morgan fingerprint density at radius 3 is 3.00 bits per heavy atom. The van der Waals surface area contributed by atoms with Crippen LogP contribution in [0.5, 0.6) is 0 Å². The lowest BCUT2D eigenvalue weighted by Crippen LogP contribution is -2.20. The molecule has 0 radical (unpaired) electrons. The van der Waals surface area contributed by atoms with Crippen molar-refractivity contribution in [3.05, 3.63) is 29.8 Å². The minimum atomic E-state index is -0.0315. The Hall–Kier alpha value is -2.57. The first-order valence-electron chi connectivity index (χ1n) is 6.47. The van der Waals surface area contributed by atoms with Gasteiger partial charge in [0.05, 0.1) is 17.4 Å². The number of anilines is 3. The number of carbonyl (C=O) groups is 1. The van der Waals surface area contributed by atoms with Gasteiger partial charge in [0.1, 0.15) is 12.2 Å². The van der Waals surface area contributed by atoms with E-state index in [1.165, 1.54) is 6.33 Å². The lowest BCUT2D eigenvalue weighted by molar-refractivity contribution is -0.116. The maximum absolute atomic E-state index is 11.4. The number of aryl methyl sites for hydroxylation is 1. The Balaban J connectivity index is 1.85. The molecule has 0 spiro atoms. The van der Waals surface area contributed by atoms with E-state index in [4.69, 9.17) is 5.73 Å². The average Bonchev–Trinajstić information content (AvgIpc) is 2.94. The summed E-state index contributed by atoms with van der Waals surface area (Å²) in [6, 6.07) is 3.75. The van der Waals surface area contributed by atoms with Gasteiger partial charge in [-0.1, -0.05) is 0 Å². The second kappa shape index (κ2) is 4.84. The lowest BCUT2D eigenvalue weighted by Gasteiger charge is -2.21. The van der Waals surface area contributed by atoms with Crippen LogP contribution in [0.1, 0.15) is 30.8 Å². The fourth-order valence-corrected chi connectivity index (χ4v) is 2.30. The molecular weight excluding hydrogens is 256 g/mol. The number of rotatable bonds is 3. The van der Waals surface area contributed by atoms with Crippen LogP contribution in [0.25, 0.3) is 0 Å². The number of aromatic nitrogens is 3. The fraction of sp³-hybridized carbons (Fsp3) is 0.308. The molecule has 0 saturated heterocycles. The molecule has 1 aromatic carbocycles. The van der Waals surface area contributed by atoms with Crippen molar-refractivity contribution in [1.29, 1.82) is 0 Å². The van der Waals surface area contributed by atoms with Gasteiger partial charge in [-0.2, -0.15) is 5.10 Å². The van der Waals surface area contributed by atoms with Crippen molar-refractivity contribution in [2.75, 3.05) is 16.4 Å². The van der Waals surface area contributed by atoms with Gasteiger partial charge in [-0.05, 0) is 31.0 Å². The zero-order valence-electron chi connectivity index (χ0n) is 11.1. The second-order valence-corrected chi connectivity index (χ2v) is 4.88. The molecular formula is C13H16N6O. The molecule has 1 atom stereocenters. The Morgan fingerprint density at radius 1 is 1.40 bits per heavy atom. The van der Waals surface area contributed by atoms with E-state index in [9.17, 15) is 4.79 Å². The van der Waals surface area contributed by atoms with Crippen LogP contribution < -0.4 is 16.4 Å². The predicted molar refractivity (Wildman–Crippen MR) is 76.2 cm³/mol. The van der Waals surface area contributed by atoms with Gasteiger partial charge in [-0.25, -0.2) is 4.98 Å². The van der Waals surface area contributed by atoms with Gasteiger partial charge in [0.15, 0.2) is 0 Å². The molecule has 2 heterocycles. The van der Waals surface area contributed by atoms with Crippen LogP contribution in [0.15, 0.2) is 18.5 Å². The number of fused-ring (bicyclic) bond motifs is 1. The predicted octanol–water partition coefficient (Wildman–Crippen LogP) is 1.44. The number of amides is 1. The summed E-state index contributed by atoms with van der Waals surface area (Å²) in [5.74, 6) is 0.781.